The van der Waals surface area contributed by atoms with Crippen LogP contribution in [0.2, 0.25) is 0 Å². The summed E-state index contributed by atoms with van der Waals surface area (Å²) in [7, 11) is 1.19. The molecule has 0 aliphatic carbocycles. The van der Waals surface area contributed by atoms with Crippen LogP contribution in [0.15, 0.2) is 60.8 Å². The number of likely N-dealkylation sites (N-methyl/N-ethyl adjacent to an activating group) is 1. The SMILES string of the molecule is CCCCC/C=C\C/C=C\C/C=C\C/C=C\CCCCCCCCCC(=O)NC(COP(=O)([O-])OCC[N+](C)(C)C)C(/C=C/CCCCCCCCCCCCC)OC(=O)CCCCCCCCCCCCCCCCCCCCCCCCCCCCC. The molecule has 1 N–H and O–H groups in total. The number of esters is 1. The zero-order valence-electron chi connectivity index (χ0n) is 59.9. The lowest BCUT2D eigenvalue weighted by Crippen LogP contribution is -2.47. The van der Waals surface area contributed by atoms with Gasteiger partial charge in [0.05, 0.1) is 33.8 Å². The summed E-state index contributed by atoms with van der Waals surface area (Å²) in [6, 6.07) is -0.896. The Labute approximate surface area is 553 Å². The molecule has 3 atom stereocenters. The van der Waals surface area contributed by atoms with Crippen molar-refractivity contribution in [3.8, 4) is 0 Å². The Bertz CT molecular complexity index is 1700. The largest absolute Gasteiger partial charge is 0.756 e. The van der Waals surface area contributed by atoms with Crippen LogP contribution in [0, 0.1) is 0 Å². The molecule has 0 aromatic rings. The molecule has 0 rings (SSSR count). The Kier molecular flexibility index (Phi) is 66.8. The Morgan fingerprint density at radius 2 is 0.685 bits per heavy atom. The molecular weight excluding hydrogens is 1120 g/mol. The van der Waals surface area contributed by atoms with E-state index in [1.54, 1.807) is 0 Å². The van der Waals surface area contributed by atoms with Gasteiger partial charge in [0, 0.05) is 12.8 Å². The molecule has 0 aromatic heterocycles. The van der Waals surface area contributed by atoms with Gasteiger partial charge >= 0.3 is 5.97 Å². The van der Waals surface area contributed by atoms with Gasteiger partial charge in [0.25, 0.3) is 7.82 Å². The number of hydrogen-bond donors (Lipinski definition) is 1. The molecule has 0 saturated carbocycles. The first-order valence-corrected chi connectivity index (χ1v) is 40.1. The van der Waals surface area contributed by atoms with Crippen molar-refractivity contribution in [3.63, 3.8) is 0 Å². The number of phosphoric ester groups is 1. The summed E-state index contributed by atoms with van der Waals surface area (Å²) in [4.78, 5) is 40.3. The van der Waals surface area contributed by atoms with Crippen LogP contribution >= 0.6 is 7.82 Å². The van der Waals surface area contributed by atoms with Crippen LogP contribution in [0.1, 0.15) is 380 Å². The molecule has 89 heavy (non-hydrogen) atoms. The third-order valence-corrected chi connectivity index (χ3v) is 18.4. The predicted molar refractivity (Wildman–Crippen MR) is 385 cm³/mol. The first-order chi connectivity index (χ1) is 43.4. The monoisotopic (exact) mass is 1270 g/mol. The van der Waals surface area contributed by atoms with E-state index in [9.17, 15) is 19.0 Å². The van der Waals surface area contributed by atoms with Crippen LogP contribution in [-0.4, -0.2) is 69.4 Å². The van der Waals surface area contributed by atoms with Crippen molar-refractivity contribution in [2.75, 3.05) is 40.9 Å². The van der Waals surface area contributed by atoms with Gasteiger partial charge in [-0.1, -0.05) is 352 Å². The maximum Gasteiger partial charge on any atom is 0.306 e. The summed E-state index contributed by atoms with van der Waals surface area (Å²) in [5.74, 6) is -0.536. The number of quaternary nitrogens is 1. The Morgan fingerprint density at radius 3 is 1.04 bits per heavy atom. The van der Waals surface area contributed by atoms with Crippen molar-refractivity contribution in [3.05, 3.63) is 60.8 Å². The van der Waals surface area contributed by atoms with Crippen molar-refractivity contribution in [2.45, 2.75) is 392 Å². The number of ether oxygens (including phenoxy) is 1. The Hall–Kier alpha value is -2.29. The molecule has 522 valence electrons. The van der Waals surface area contributed by atoms with E-state index in [1.165, 1.54) is 257 Å². The lowest BCUT2D eigenvalue weighted by Gasteiger charge is -2.30. The van der Waals surface area contributed by atoms with Crippen LogP contribution in [0.25, 0.3) is 0 Å². The van der Waals surface area contributed by atoms with E-state index < -0.39 is 26.6 Å². The summed E-state index contributed by atoms with van der Waals surface area (Å²) in [6.07, 6.45) is 89.3. The van der Waals surface area contributed by atoms with E-state index in [1.807, 2.05) is 33.3 Å². The van der Waals surface area contributed by atoms with Gasteiger partial charge in [0.2, 0.25) is 5.91 Å². The maximum atomic E-state index is 13.6. The summed E-state index contributed by atoms with van der Waals surface area (Å²) in [5, 5.41) is 3.05. The van der Waals surface area contributed by atoms with Crippen LogP contribution in [0.5, 0.6) is 0 Å². The second-order valence-electron chi connectivity index (χ2n) is 27.5. The van der Waals surface area contributed by atoms with Crippen LogP contribution in [0.4, 0.5) is 0 Å². The Morgan fingerprint density at radius 1 is 0.393 bits per heavy atom. The number of carbonyl (C=O) groups is 2. The topological polar surface area (TPSA) is 114 Å². The molecule has 0 heterocycles. The Balaban J connectivity index is 5.00. The smallest absolute Gasteiger partial charge is 0.306 e. The average Bonchev–Trinajstić information content (AvgIpc) is 3.64. The number of unbranched alkanes of at least 4 members (excludes halogenated alkanes) is 47. The fourth-order valence-corrected chi connectivity index (χ4v) is 12.2. The van der Waals surface area contributed by atoms with E-state index in [2.05, 4.69) is 74.7 Å². The quantitative estimate of drug-likeness (QED) is 0.0212. The van der Waals surface area contributed by atoms with Crippen LogP contribution < -0.4 is 10.2 Å². The molecule has 9 nitrogen and oxygen atoms in total. The minimum Gasteiger partial charge on any atom is -0.756 e. The van der Waals surface area contributed by atoms with Gasteiger partial charge in [-0.05, 0) is 76.7 Å². The molecular formula is C79H149N2O7P. The average molecular weight is 1270 g/mol. The van der Waals surface area contributed by atoms with E-state index in [-0.39, 0.29) is 24.9 Å². The van der Waals surface area contributed by atoms with E-state index in [0.717, 1.165) is 89.9 Å². The number of amides is 1. The second kappa shape index (κ2) is 68.6. The molecule has 0 spiro atoms. The molecule has 10 heteroatoms. The van der Waals surface area contributed by atoms with Crippen LogP contribution in [0.3, 0.4) is 0 Å². The first kappa shape index (κ1) is 86.7. The fourth-order valence-electron chi connectivity index (χ4n) is 11.5. The van der Waals surface area contributed by atoms with Crippen LogP contribution in [-0.2, 0) is 27.9 Å². The normalized spacial score (nSPS) is 13.7. The highest BCUT2D eigenvalue weighted by molar-refractivity contribution is 7.45. The highest BCUT2D eigenvalue weighted by atomic mass is 31.2. The zero-order valence-corrected chi connectivity index (χ0v) is 60.8. The minimum absolute atomic E-state index is 0.0242. The number of hydrogen-bond acceptors (Lipinski definition) is 7. The zero-order chi connectivity index (χ0) is 64.9. The predicted octanol–water partition coefficient (Wildman–Crippen LogP) is 24.3. The second-order valence-corrected chi connectivity index (χ2v) is 28.9. The molecule has 0 aliphatic rings. The fraction of sp³-hybridized carbons (Fsp3) is 0.848. The molecule has 0 aliphatic heterocycles. The van der Waals surface area contributed by atoms with Gasteiger partial charge in [-0.15, -0.1) is 0 Å². The molecule has 3 unspecified atom stereocenters. The molecule has 1 amide bonds. The van der Waals surface area contributed by atoms with Crippen molar-refractivity contribution in [2.24, 2.45) is 0 Å². The van der Waals surface area contributed by atoms with E-state index in [0.29, 0.717) is 17.4 Å². The highest BCUT2D eigenvalue weighted by Crippen LogP contribution is 2.38. The molecule has 0 saturated heterocycles. The molecule has 0 fully saturated rings. The van der Waals surface area contributed by atoms with Crippen molar-refractivity contribution in [1.82, 2.24) is 5.32 Å². The van der Waals surface area contributed by atoms with Gasteiger partial charge in [-0.2, -0.15) is 0 Å². The van der Waals surface area contributed by atoms with Gasteiger partial charge in [-0.3, -0.25) is 14.2 Å². The number of nitrogens with zero attached hydrogens (tertiary/aromatic N) is 1. The summed E-state index contributed by atoms with van der Waals surface area (Å²) >= 11 is 0. The summed E-state index contributed by atoms with van der Waals surface area (Å²) < 4.78 is 30.5. The third-order valence-electron chi connectivity index (χ3n) is 17.5. The highest BCUT2D eigenvalue weighted by Gasteiger charge is 2.27. The summed E-state index contributed by atoms with van der Waals surface area (Å²) in [6.45, 7) is 6.87. The van der Waals surface area contributed by atoms with Gasteiger partial charge in [-0.25, -0.2) is 0 Å². The number of rotatable bonds is 71. The van der Waals surface area contributed by atoms with E-state index >= 15 is 0 Å². The lowest BCUT2D eigenvalue weighted by molar-refractivity contribution is -0.870. The molecule has 0 radical (unpaired) electrons. The van der Waals surface area contributed by atoms with Crippen molar-refractivity contribution < 1.29 is 37.3 Å². The summed E-state index contributed by atoms with van der Waals surface area (Å²) in [5.41, 5.74) is 0. The van der Waals surface area contributed by atoms with Gasteiger partial charge in [0.1, 0.15) is 19.3 Å². The standard InChI is InChI=1S/C79H149N2O7P/c1-7-10-13-16-19-22-25-28-30-32-34-36-38-39-40-41-43-45-47-49-51-54-57-60-63-66-69-72-79(83)88-77(70-67-64-61-58-55-52-27-24-21-18-15-12-9-3)76(75-87-89(84,85)86-74-73-81(4,5)6)80-78(82)71-68-65-62-59-56-53-50-48-46-44-42-37-35-33-31-29-26-23-20-17-14-11-8-2/h20,23,29,31,35,37,44,46,67,70,76-77H,7-19,21-22,24-28,30,32-34,36,38-43,45,47-66,68-69,71-75H2,1-6H3,(H-,80,82,84,85)/b23-20-,31-29-,37-35-,46-44-,70-67+. The van der Waals surface area contributed by atoms with E-state index in [4.69, 9.17) is 13.8 Å². The number of carbonyl (C=O) groups excluding carboxylic acids is 2. The maximum absolute atomic E-state index is 13.6. The number of allylic oxidation sites excluding steroid dienone is 9. The first-order valence-electron chi connectivity index (χ1n) is 38.6. The van der Waals surface area contributed by atoms with Gasteiger partial charge in [0.15, 0.2) is 0 Å². The third kappa shape index (κ3) is 69.9. The number of phosphoric acid groups is 1. The van der Waals surface area contributed by atoms with Crippen molar-refractivity contribution in [1.29, 1.82) is 0 Å². The lowest BCUT2D eigenvalue weighted by atomic mass is 10.0. The minimum atomic E-state index is -4.71. The molecule has 0 bridgehead atoms. The molecule has 0 aromatic carbocycles. The van der Waals surface area contributed by atoms with Gasteiger partial charge < -0.3 is 28.5 Å². The van der Waals surface area contributed by atoms with Crippen molar-refractivity contribution >= 4 is 19.7 Å². The number of nitrogens with one attached hydrogen (secondary N) is 1.